The van der Waals surface area contributed by atoms with Crippen LogP contribution >= 0.6 is 0 Å². The number of benzene rings is 1. The van der Waals surface area contributed by atoms with E-state index in [-0.39, 0.29) is 23.8 Å². The lowest BCUT2D eigenvalue weighted by atomic mass is 10.0. The molecule has 1 unspecified atom stereocenters. The summed E-state index contributed by atoms with van der Waals surface area (Å²) in [5.74, 6) is -1.28. The molecular weight excluding hydrogens is 266 g/mol. The van der Waals surface area contributed by atoms with E-state index in [1.54, 1.807) is 0 Å². The van der Waals surface area contributed by atoms with Gasteiger partial charge in [-0.05, 0) is 50.7 Å². The van der Waals surface area contributed by atoms with E-state index in [0.29, 0.717) is 19.3 Å². The molecule has 4 heteroatoms. The summed E-state index contributed by atoms with van der Waals surface area (Å²) in [6.07, 6.45) is 2.56. The first kappa shape index (κ1) is 15.5. The average molecular weight is 289 g/mol. The summed E-state index contributed by atoms with van der Waals surface area (Å²) in [5.41, 5.74) is 2.46. The molecule has 4 nitrogen and oxygen atoms in total. The molecule has 0 spiro atoms. The van der Waals surface area contributed by atoms with Crippen molar-refractivity contribution >= 4 is 11.9 Å². The van der Waals surface area contributed by atoms with Crippen LogP contribution in [-0.4, -0.2) is 23.0 Å². The summed E-state index contributed by atoms with van der Waals surface area (Å²) in [6, 6.07) is 8.21. The molecule has 2 N–H and O–H groups in total. The van der Waals surface area contributed by atoms with E-state index in [4.69, 9.17) is 5.11 Å². The van der Waals surface area contributed by atoms with E-state index < -0.39 is 5.97 Å². The van der Waals surface area contributed by atoms with Crippen molar-refractivity contribution in [3.05, 3.63) is 35.4 Å². The van der Waals surface area contributed by atoms with Gasteiger partial charge in [0.1, 0.15) is 0 Å². The summed E-state index contributed by atoms with van der Waals surface area (Å²) < 4.78 is 0. The van der Waals surface area contributed by atoms with Crippen molar-refractivity contribution in [2.24, 2.45) is 11.8 Å². The molecule has 0 bridgehead atoms. The highest BCUT2D eigenvalue weighted by molar-refractivity contribution is 5.81. The Bertz CT molecular complexity index is 527. The predicted molar refractivity (Wildman–Crippen MR) is 81.0 cm³/mol. The number of amides is 1. The SMILES string of the molecule is Cc1ccccc1CC(C)NC(=O)[C@@H]1CC[C@H](C(=O)O)C1. The maximum atomic E-state index is 12.2. The molecule has 0 heterocycles. The van der Waals surface area contributed by atoms with E-state index in [2.05, 4.69) is 24.4 Å². The first-order chi connectivity index (χ1) is 9.97. The fraction of sp³-hybridized carbons (Fsp3) is 0.529. The second-order valence-corrected chi connectivity index (χ2v) is 6.09. The predicted octanol–water partition coefficient (Wildman–Crippen LogP) is 2.54. The topological polar surface area (TPSA) is 66.4 Å². The van der Waals surface area contributed by atoms with Crippen LogP contribution in [0.15, 0.2) is 24.3 Å². The van der Waals surface area contributed by atoms with Crippen molar-refractivity contribution in [2.75, 3.05) is 0 Å². The van der Waals surface area contributed by atoms with Crippen LogP contribution in [0, 0.1) is 18.8 Å². The van der Waals surface area contributed by atoms with Crippen molar-refractivity contribution in [3.8, 4) is 0 Å². The minimum atomic E-state index is -0.779. The molecular formula is C17H23NO3. The van der Waals surface area contributed by atoms with Crippen LogP contribution < -0.4 is 5.32 Å². The van der Waals surface area contributed by atoms with Gasteiger partial charge in [-0.15, -0.1) is 0 Å². The molecule has 2 rings (SSSR count). The smallest absolute Gasteiger partial charge is 0.306 e. The van der Waals surface area contributed by atoms with Crippen molar-refractivity contribution < 1.29 is 14.7 Å². The van der Waals surface area contributed by atoms with Gasteiger partial charge in [-0.25, -0.2) is 0 Å². The number of carboxylic acids is 1. The molecule has 0 aromatic heterocycles. The molecule has 0 aliphatic heterocycles. The first-order valence-electron chi connectivity index (χ1n) is 7.55. The van der Waals surface area contributed by atoms with E-state index >= 15 is 0 Å². The lowest BCUT2D eigenvalue weighted by Crippen LogP contribution is -2.38. The van der Waals surface area contributed by atoms with Gasteiger partial charge in [0.15, 0.2) is 0 Å². The minimum Gasteiger partial charge on any atom is -0.481 e. The van der Waals surface area contributed by atoms with Gasteiger partial charge < -0.3 is 10.4 Å². The Balaban J connectivity index is 1.86. The zero-order valence-electron chi connectivity index (χ0n) is 12.6. The quantitative estimate of drug-likeness (QED) is 0.875. The Morgan fingerprint density at radius 2 is 1.95 bits per heavy atom. The van der Waals surface area contributed by atoms with Gasteiger partial charge in [-0.2, -0.15) is 0 Å². The third-order valence-corrected chi connectivity index (χ3v) is 4.33. The summed E-state index contributed by atoms with van der Waals surface area (Å²) in [7, 11) is 0. The molecule has 1 saturated carbocycles. The standard InChI is InChI=1S/C17H23NO3/c1-11-5-3-4-6-13(11)9-12(2)18-16(19)14-7-8-15(10-14)17(20)21/h3-6,12,14-15H,7-10H2,1-2H3,(H,18,19)(H,20,21)/t12?,14-,15+/m1/s1. The number of hydrogen-bond acceptors (Lipinski definition) is 2. The Morgan fingerprint density at radius 3 is 2.57 bits per heavy atom. The number of rotatable bonds is 5. The Kier molecular flexibility index (Phi) is 4.99. The number of aryl methyl sites for hydroxylation is 1. The highest BCUT2D eigenvalue weighted by atomic mass is 16.4. The number of hydrogen-bond donors (Lipinski definition) is 2. The fourth-order valence-corrected chi connectivity index (χ4v) is 3.02. The van der Waals surface area contributed by atoms with Crippen LogP contribution in [0.1, 0.15) is 37.3 Å². The summed E-state index contributed by atoms with van der Waals surface area (Å²) >= 11 is 0. The van der Waals surface area contributed by atoms with Crippen molar-refractivity contribution in [1.82, 2.24) is 5.32 Å². The fourth-order valence-electron chi connectivity index (χ4n) is 3.02. The van der Waals surface area contributed by atoms with Crippen molar-refractivity contribution in [1.29, 1.82) is 0 Å². The highest BCUT2D eigenvalue weighted by Gasteiger charge is 2.34. The second-order valence-electron chi connectivity index (χ2n) is 6.09. The number of carbonyl (C=O) groups excluding carboxylic acids is 1. The zero-order valence-corrected chi connectivity index (χ0v) is 12.6. The molecule has 1 amide bonds. The molecule has 3 atom stereocenters. The number of carbonyl (C=O) groups is 2. The molecule has 114 valence electrons. The molecule has 0 radical (unpaired) electrons. The van der Waals surface area contributed by atoms with Gasteiger partial charge in [-0.1, -0.05) is 24.3 Å². The van der Waals surface area contributed by atoms with Crippen molar-refractivity contribution in [3.63, 3.8) is 0 Å². The van der Waals surface area contributed by atoms with E-state index in [9.17, 15) is 9.59 Å². The normalized spacial score (nSPS) is 22.8. The molecule has 21 heavy (non-hydrogen) atoms. The summed E-state index contributed by atoms with van der Waals surface area (Å²) in [5, 5.41) is 12.0. The summed E-state index contributed by atoms with van der Waals surface area (Å²) in [4.78, 5) is 23.1. The monoisotopic (exact) mass is 289 g/mol. The van der Waals surface area contributed by atoms with E-state index in [0.717, 1.165) is 6.42 Å². The Hall–Kier alpha value is -1.84. The molecule has 1 fully saturated rings. The van der Waals surface area contributed by atoms with Gasteiger partial charge in [-0.3, -0.25) is 9.59 Å². The Labute approximate surface area is 125 Å². The van der Waals surface area contributed by atoms with Crippen LogP contribution in [0.3, 0.4) is 0 Å². The lowest BCUT2D eigenvalue weighted by molar-refractivity contribution is -0.141. The van der Waals surface area contributed by atoms with Crippen LogP contribution in [0.25, 0.3) is 0 Å². The minimum absolute atomic E-state index is 0.000154. The lowest BCUT2D eigenvalue weighted by Gasteiger charge is -2.18. The highest BCUT2D eigenvalue weighted by Crippen LogP contribution is 2.31. The largest absolute Gasteiger partial charge is 0.481 e. The molecule has 1 aliphatic rings. The van der Waals surface area contributed by atoms with Gasteiger partial charge in [0.2, 0.25) is 5.91 Å². The zero-order chi connectivity index (χ0) is 15.4. The van der Waals surface area contributed by atoms with E-state index in [1.807, 2.05) is 19.1 Å². The van der Waals surface area contributed by atoms with E-state index in [1.165, 1.54) is 11.1 Å². The number of nitrogens with one attached hydrogen (secondary N) is 1. The Morgan fingerprint density at radius 1 is 1.29 bits per heavy atom. The van der Waals surface area contributed by atoms with Crippen molar-refractivity contribution in [2.45, 2.75) is 45.6 Å². The molecule has 0 saturated heterocycles. The third kappa shape index (κ3) is 4.06. The molecule has 1 aromatic rings. The van der Waals surface area contributed by atoms with Crippen LogP contribution in [-0.2, 0) is 16.0 Å². The van der Waals surface area contributed by atoms with Gasteiger partial charge in [0.05, 0.1) is 5.92 Å². The maximum absolute atomic E-state index is 12.2. The van der Waals surface area contributed by atoms with Crippen LogP contribution in [0.4, 0.5) is 0 Å². The van der Waals surface area contributed by atoms with Crippen LogP contribution in [0.2, 0.25) is 0 Å². The third-order valence-electron chi connectivity index (χ3n) is 4.33. The molecule has 1 aliphatic carbocycles. The van der Waals surface area contributed by atoms with Gasteiger partial charge in [0.25, 0.3) is 0 Å². The maximum Gasteiger partial charge on any atom is 0.306 e. The van der Waals surface area contributed by atoms with Gasteiger partial charge in [0, 0.05) is 12.0 Å². The first-order valence-corrected chi connectivity index (χ1v) is 7.55. The molecule has 1 aromatic carbocycles. The number of aliphatic carboxylic acids is 1. The second kappa shape index (κ2) is 6.74. The number of carboxylic acid groups (broad SMARTS) is 1. The summed E-state index contributed by atoms with van der Waals surface area (Å²) in [6.45, 7) is 4.06. The van der Waals surface area contributed by atoms with Gasteiger partial charge >= 0.3 is 5.97 Å². The average Bonchev–Trinajstić information content (AvgIpc) is 2.91. The van der Waals surface area contributed by atoms with Crippen LogP contribution in [0.5, 0.6) is 0 Å².